The number of likely N-dealkylation sites (tertiary alicyclic amines) is 1. The van der Waals surface area contributed by atoms with E-state index in [4.69, 9.17) is 4.74 Å². The van der Waals surface area contributed by atoms with Crippen LogP contribution in [0, 0.1) is 11.7 Å². The Morgan fingerprint density at radius 1 is 1.28 bits per heavy atom. The van der Waals surface area contributed by atoms with Gasteiger partial charge in [0.15, 0.2) is 0 Å². The number of amides is 1. The van der Waals surface area contributed by atoms with Gasteiger partial charge >= 0.3 is 5.97 Å². The van der Waals surface area contributed by atoms with Crippen LogP contribution < -0.4 is 5.56 Å². The van der Waals surface area contributed by atoms with Crippen LogP contribution in [0.1, 0.15) is 19.8 Å². The third-order valence-corrected chi connectivity index (χ3v) is 5.24. The van der Waals surface area contributed by atoms with Gasteiger partial charge in [-0.15, -0.1) is 0 Å². The van der Waals surface area contributed by atoms with Crippen molar-refractivity contribution in [2.24, 2.45) is 5.92 Å². The molecule has 3 aromatic rings. The second-order valence-corrected chi connectivity index (χ2v) is 7.13. The number of fused-ring (bicyclic) bond motifs is 3. The van der Waals surface area contributed by atoms with Crippen LogP contribution in [0.5, 0.6) is 0 Å². The predicted molar refractivity (Wildman–Crippen MR) is 103 cm³/mol. The molecule has 1 saturated heterocycles. The maximum absolute atomic E-state index is 13.5. The van der Waals surface area contributed by atoms with Crippen molar-refractivity contribution in [3.05, 3.63) is 46.8 Å². The fraction of sp³-hybridized carbons (Fsp3) is 0.400. The third-order valence-electron chi connectivity index (χ3n) is 5.24. The molecule has 0 spiro atoms. The Hall–Kier alpha value is -3.23. The molecule has 0 radical (unpaired) electrons. The normalized spacial score (nSPS) is 17.0. The summed E-state index contributed by atoms with van der Waals surface area (Å²) in [6.45, 7) is 2.64. The number of nitrogens with zero attached hydrogens (tertiary/aromatic N) is 4. The number of carbonyl (C=O) groups is 2. The minimum atomic E-state index is -0.434. The van der Waals surface area contributed by atoms with Crippen LogP contribution in [0.4, 0.5) is 4.39 Å². The second-order valence-electron chi connectivity index (χ2n) is 7.13. The molecule has 2 aromatic heterocycles. The first-order valence-electron chi connectivity index (χ1n) is 9.58. The average Bonchev–Trinajstić information content (AvgIpc) is 3.08. The minimum absolute atomic E-state index is 0.221. The molecular weight excluding hydrogens is 379 g/mol. The molecule has 0 bridgehead atoms. The molecule has 9 heteroatoms. The Bertz CT molecular complexity index is 1150. The quantitative estimate of drug-likeness (QED) is 0.621. The van der Waals surface area contributed by atoms with Crippen molar-refractivity contribution in [2.45, 2.75) is 26.3 Å². The lowest BCUT2D eigenvalue weighted by molar-refractivity contribution is -0.151. The van der Waals surface area contributed by atoms with E-state index in [1.54, 1.807) is 28.4 Å². The van der Waals surface area contributed by atoms with Gasteiger partial charge in [-0.05, 0) is 44.0 Å². The van der Waals surface area contributed by atoms with E-state index in [2.05, 4.69) is 5.10 Å². The number of hydrogen-bond donors (Lipinski definition) is 0. The van der Waals surface area contributed by atoms with E-state index in [1.807, 2.05) is 0 Å². The van der Waals surface area contributed by atoms with Crippen LogP contribution in [0.3, 0.4) is 0 Å². The number of esters is 1. The van der Waals surface area contributed by atoms with Crippen molar-refractivity contribution in [1.29, 1.82) is 0 Å². The SMILES string of the molecule is CCOC(=O)[C@@H]1CCCN(C(=O)Cn2ncn3c(cc4cc(F)ccc43)c2=O)C1. The lowest BCUT2D eigenvalue weighted by atomic mass is 9.98. The molecule has 1 atom stereocenters. The van der Waals surface area contributed by atoms with E-state index in [-0.39, 0.29) is 30.9 Å². The first-order chi connectivity index (χ1) is 14.0. The molecule has 0 saturated carbocycles. The smallest absolute Gasteiger partial charge is 0.310 e. The second kappa shape index (κ2) is 7.65. The molecule has 29 heavy (non-hydrogen) atoms. The van der Waals surface area contributed by atoms with Crippen molar-refractivity contribution in [3.63, 3.8) is 0 Å². The molecule has 8 nitrogen and oxygen atoms in total. The zero-order valence-electron chi connectivity index (χ0n) is 16.0. The van der Waals surface area contributed by atoms with E-state index >= 15 is 0 Å². The Morgan fingerprint density at radius 3 is 2.90 bits per heavy atom. The zero-order valence-corrected chi connectivity index (χ0v) is 16.0. The highest BCUT2D eigenvalue weighted by Crippen LogP contribution is 2.20. The lowest BCUT2D eigenvalue weighted by Crippen LogP contribution is -2.45. The largest absolute Gasteiger partial charge is 0.466 e. The molecule has 0 unspecified atom stereocenters. The van der Waals surface area contributed by atoms with Crippen LogP contribution in [0.2, 0.25) is 0 Å². The number of piperidine rings is 1. The highest BCUT2D eigenvalue weighted by atomic mass is 19.1. The van der Waals surface area contributed by atoms with Crippen LogP contribution >= 0.6 is 0 Å². The number of halogens is 1. The first kappa shape index (κ1) is 19.1. The number of aromatic nitrogens is 3. The van der Waals surface area contributed by atoms with Gasteiger partial charge in [-0.3, -0.25) is 18.8 Å². The average molecular weight is 400 g/mol. The fourth-order valence-corrected chi connectivity index (χ4v) is 3.79. The van der Waals surface area contributed by atoms with E-state index in [1.165, 1.54) is 18.5 Å². The Balaban J connectivity index is 1.56. The van der Waals surface area contributed by atoms with Crippen LogP contribution in [-0.2, 0) is 20.9 Å². The van der Waals surface area contributed by atoms with E-state index in [0.29, 0.717) is 42.4 Å². The molecular formula is C20H21FN4O4. The molecule has 1 aromatic carbocycles. The summed E-state index contributed by atoms with van der Waals surface area (Å²) in [4.78, 5) is 39.1. The standard InChI is InChI=1S/C20H21FN4O4/c1-2-29-20(28)13-4-3-7-23(10-13)18(26)11-25-19(27)17-9-14-8-15(21)5-6-16(14)24(17)12-22-25/h5-6,8-9,12-13H,2-4,7,10-11H2,1H3/t13-/m1/s1. The summed E-state index contributed by atoms with van der Waals surface area (Å²) in [5.41, 5.74) is 0.547. The summed E-state index contributed by atoms with van der Waals surface area (Å²) in [7, 11) is 0. The number of hydrogen-bond acceptors (Lipinski definition) is 5. The van der Waals surface area contributed by atoms with Gasteiger partial charge in [0, 0.05) is 18.5 Å². The van der Waals surface area contributed by atoms with Gasteiger partial charge in [0.25, 0.3) is 5.56 Å². The molecule has 1 aliphatic heterocycles. The highest BCUT2D eigenvalue weighted by Gasteiger charge is 2.29. The Morgan fingerprint density at radius 2 is 2.10 bits per heavy atom. The molecule has 3 heterocycles. The summed E-state index contributed by atoms with van der Waals surface area (Å²) in [6, 6.07) is 5.83. The van der Waals surface area contributed by atoms with Gasteiger partial charge in [0.2, 0.25) is 5.91 Å². The van der Waals surface area contributed by atoms with E-state index < -0.39 is 11.4 Å². The topological polar surface area (TPSA) is 85.9 Å². The van der Waals surface area contributed by atoms with Crippen molar-refractivity contribution in [3.8, 4) is 0 Å². The number of benzene rings is 1. The summed E-state index contributed by atoms with van der Waals surface area (Å²) in [5, 5.41) is 4.69. The Labute approximate surface area is 165 Å². The minimum Gasteiger partial charge on any atom is -0.466 e. The van der Waals surface area contributed by atoms with E-state index in [0.717, 1.165) is 4.68 Å². The number of carbonyl (C=O) groups excluding carboxylic acids is 2. The molecule has 1 amide bonds. The van der Waals surface area contributed by atoms with Crippen LogP contribution in [0.25, 0.3) is 16.4 Å². The maximum atomic E-state index is 13.5. The molecule has 1 aliphatic rings. The summed E-state index contributed by atoms with van der Waals surface area (Å²) in [5.74, 6) is -1.31. The van der Waals surface area contributed by atoms with Crippen molar-refractivity contribution < 1.29 is 18.7 Å². The van der Waals surface area contributed by atoms with Gasteiger partial charge < -0.3 is 9.64 Å². The molecule has 0 aliphatic carbocycles. The summed E-state index contributed by atoms with van der Waals surface area (Å²) >= 11 is 0. The maximum Gasteiger partial charge on any atom is 0.310 e. The summed E-state index contributed by atoms with van der Waals surface area (Å²) in [6.07, 6.45) is 2.83. The van der Waals surface area contributed by atoms with Gasteiger partial charge in [0.1, 0.15) is 24.2 Å². The van der Waals surface area contributed by atoms with Crippen molar-refractivity contribution in [1.82, 2.24) is 19.1 Å². The molecule has 0 N–H and O–H groups in total. The van der Waals surface area contributed by atoms with Crippen molar-refractivity contribution in [2.75, 3.05) is 19.7 Å². The predicted octanol–water partition coefficient (Wildman–Crippen LogP) is 1.59. The van der Waals surface area contributed by atoms with Gasteiger partial charge in [-0.25, -0.2) is 9.07 Å². The van der Waals surface area contributed by atoms with Crippen molar-refractivity contribution >= 4 is 28.3 Å². The lowest BCUT2D eigenvalue weighted by Gasteiger charge is -2.31. The molecule has 1 fully saturated rings. The monoisotopic (exact) mass is 400 g/mol. The summed E-state index contributed by atoms with van der Waals surface area (Å²) < 4.78 is 21.2. The number of ether oxygens (including phenoxy) is 1. The molecule has 152 valence electrons. The van der Waals surface area contributed by atoms with Gasteiger partial charge in [-0.2, -0.15) is 5.10 Å². The Kier molecular flexibility index (Phi) is 5.04. The first-order valence-corrected chi connectivity index (χ1v) is 9.58. The number of rotatable bonds is 4. The third kappa shape index (κ3) is 3.59. The van der Waals surface area contributed by atoms with Gasteiger partial charge in [0.05, 0.1) is 18.0 Å². The fourth-order valence-electron chi connectivity index (χ4n) is 3.79. The molecule has 4 rings (SSSR count). The van der Waals surface area contributed by atoms with E-state index in [9.17, 15) is 18.8 Å². The van der Waals surface area contributed by atoms with Crippen LogP contribution in [0.15, 0.2) is 35.4 Å². The van der Waals surface area contributed by atoms with Crippen LogP contribution in [-0.4, -0.2) is 50.7 Å². The zero-order chi connectivity index (χ0) is 20.5. The highest BCUT2D eigenvalue weighted by molar-refractivity contribution is 5.87. The van der Waals surface area contributed by atoms with Gasteiger partial charge in [-0.1, -0.05) is 0 Å².